The van der Waals surface area contributed by atoms with E-state index in [-0.39, 0.29) is 30.4 Å². The summed E-state index contributed by atoms with van der Waals surface area (Å²) in [5.74, 6) is 0. The minimum Gasteiger partial charge on any atom is -0.330 e. The second kappa shape index (κ2) is 6.27. The Bertz CT molecular complexity index is 232. The molecule has 0 atom stereocenters. The van der Waals surface area contributed by atoms with Crippen LogP contribution in [0.4, 0.5) is 0 Å². The lowest BCUT2D eigenvalue weighted by Gasteiger charge is -1.86. The van der Waals surface area contributed by atoms with Gasteiger partial charge in [-0.05, 0) is 6.54 Å². The molecule has 11 heavy (non-hydrogen) atoms. The first kappa shape index (κ1) is 13.2. The molecular formula is C5H11Cl2N3O. The van der Waals surface area contributed by atoms with Gasteiger partial charge in [-0.15, -0.1) is 24.8 Å². The Hall–Kier alpha value is -0.450. The van der Waals surface area contributed by atoms with Crippen molar-refractivity contribution >= 4 is 24.8 Å². The van der Waals surface area contributed by atoms with Crippen molar-refractivity contribution in [1.29, 1.82) is 0 Å². The molecule has 0 amide bonds. The summed E-state index contributed by atoms with van der Waals surface area (Å²) < 4.78 is 0. The van der Waals surface area contributed by atoms with Crippen LogP contribution in [0.2, 0.25) is 0 Å². The van der Waals surface area contributed by atoms with Crippen LogP contribution in [-0.4, -0.2) is 16.7 Å². The summed E-state index contributed by atoms with van der Waals surface area (Å²) in [7, 11) is 0. The Labute approximate surface area is 76.4 Å². The number of aromatic nitrogens is 2. The number of aromatic amines is 2. The van der Waals surface area contributed by atoms with E-state index in [1.54, 1.807) is 0 Å². The van der Waals surface area contributed by atoms with E-state index >= 15 is 0 Å². The summed E-state index contributed by atoms with van der Waals surface area (Å²) in [5, 5.41) is 5.11. The van der Waals surface area contributed by atoms with Crippen LogP contribution in [0.3, 0.4) is 0 Å². The molecule has 0 saturated carbocycles. The molecule has 1 rings (SSSR count). The SMILES string of the molecule is Cl.Cl.NCCc1cc(=O)[nH][nH]1. The lowest BCUT2D eigenvalue weighted by molar-refractivity contribution is 0.898. The van der Waals surface area contributed by atoms with Gasteiger partial charge >= 0.3 is 0 Å². The third-order valence-electron chi connectivity index (χ3n) is 1.07. The highest BCUT2D eigenvalue weighted by atomic mass is 35.5. The molecule has 1 aromatic rings. The summed E-state index contributed by atoms with van der Waals surface area (Å²) in [5.41, 5.74) is 6.00. The molecule has 0 bridgehead atoms. The molecule has 0 aliphatic carbocycles. The van der Waals surface area contributed by atoms with Crippen LogP contribution in [0.25, 0.3) is 0 Å². The van der Waals surface area contributed by atoms with E-state index in [1.807, 2.05) is 0 Å². The second-order valence-corrected chi connectivity index (χ2v) is 1.82. The highest BCUT2D eigenvalue weighted by Crippen LogP contribution is 1.84. The van der Waals surface area contributed by atoms with Crippen LogP contribution in [-0.2, 0) is 6.42 Å². The Morgan fingerprint density at radius 2 is 2.00 bits per heavy atom. The number of hydrogen-bond acceptors (Lipinski definition) is 2. The van der Waals surface area contributed by atoms with Crippen LogP contribution in [0, 0.1) is 0 Å². The van der Waals surface area contributed by atoms with Gasteiger partial charge in [-0.2, -0.15) is 0 Å². The summed E-state index contributed by atoms with van der Waals surface area (Å²) >= 11 is 0. The second-order valence-electron chi connectivity index (χ2n) is 1.82. The number of rotatable bonds is 2. The number of hydrogen-bond donors (Lipinski definition) is 3. The smallest absolute Gasteiger partial charge is 0.264 e. The third-order valence-corrected chi connectivity index (χ3v) is 1.07. The van der Waals surface area contributed by atoms with Gasteiger partial charge in [0.25, 0.3) is 5.56 Å². The third kappa shape index (κ3) is 4.08. The van der Waals surface area contributed by atoms with E-state index in [0.29, 0.717) is 6.54 Å². The minimum absolute atomic E-state index is 0. The number of nitrogens with two attached hydrogens (primary N) is 1. The van der Waals surface area contributed by atoms with E-state index < -0.39 is 0 Å². The topological polar surface area (TPSA) is 74.7 Å². The number of nitrogens with one attached hydrogen (secondary N) is 2. The lowest BCUT2D eigenvalue weighted by Crippen LogP contribution is -2.02. The maximum atomic E-state index is 10.4. The first-order valence-corrected chi connectivity index (χ1v) is 2.79. The molecule has 0 unspecified atom stereocenters. The number of H-pyrrole nitrogens is 2. The standard InChI is InChI=1S/C5H9N3O.2ClH/c6-2-1-4-3-5(9)8-7-4;;/h3H,1-2,6H2,(H2,7,8,9);2*1H. The normalized spacial score (nSPS) is 8.09. The molecule has 6 heteroatoms. The fraction of sp³-hybridized carbons (Fsp3) is 0.400. The molecule has 1 aromatic heterocycles. The van der Waals surface area contributed by atoms with Crippen LogP contribution in [0.5, 0.6) is 0 Å². The summed E-state index contributed by atoms with van der Waals surface area (Å²) in [6, 6.07) is 1.51. The molecule has 0 radical (unpaired) electrons. The van der Waals surface area contributed by atoms with Gasteiger partial charge in [0.05, 0.1) is 0 Å². The van der Waals surface area contributed by atoms with Crippen molar-refractivity contribution in [2.24, 2.45) is 5.73 Å². The van der Waals surface area contributed by atoms with Gasteiger partial charge < -0.3 is 10.8 Å². The van der Waals surface area contributed by atoms with Gasteiger partial charge in [0.15, 0.2) is 0 Å². The molecule has 4 N–H and O–H groups in total. The molecular weight excluding hydrogens is 189 g/mol. The van der Waals surface area contributed by atoms with Gasteiger partial charge in [-0.1, -0.05) is 0 Å². The fourth-order valence-corrected chi connectivity index (χ4v) is 0.662. The average Bonchev–Trinajstić information content (AvgIpc) is 2.17. The largest absolute Gasteiger partial charge is 0.330 e. The zero-order valence-electron chi connectivity index (χ0n) is 5.79. The van der Waals surface area contributed by atoms with Gasteiger partial charge in [-0.25, -0.2) is 0 Å². The number of halogens is 2. The van der Waals surface area contributed by atoms with E-state index in [1.165, 1.54) is 6.07 Å². The van der Waals surface area contributed by atoms with Crippen molar-refractivity contribution in [1.82, 2.24) is 10.2 Å². The lowest BCUT2D eigenvalue weighted by atomic mass is 10.3. The minimum atomic E-state index is -0.0987. The molecule has 0 spiro atoms. The quantitative estimate of drug-likeness (QED) is 0.630. The first-order chi connectivity index (χ1) is 4.33. The Morgan fingerprint density at radius 3 is 2.36 bits per heavy atom. The Balaban J connectivity index is 0. The van der Waals surface area contributed by atoms with Crippen molar-refractivity contribution < 1.29 is 0 Å². The molecule has 1 heterocycles. The molecule has 0 aliphatic heterocycles. The van der Waals surface area contributed by atoms with Crippen molar-refractivity contribution in [3.63, 3.8) is 0 Å². The molecule has 0 aliphatic rings. The molecule has 0 aromatic carbocycles. The van der Waals surface area contributed by atoms with Gasteiger partial charge in [-0.3, -0.25) is 9.89 Å². The van der Waals surface area contributed by atoms with Gasteiger partial charge in [0, 0.05) is 18.2 Å². The highest BCUT2D eigenvalue weighted by molar-refractivity contribution is 5.85. The molecule has 66 valence electrons. The maximum Gasteiger partial charge on any atom is 0.264 e. The van der Waals surface area contributed by atoms with Crippen LogP contribution < -0.4 is 11.3 Å². The van der Waals surface area contributed by atoms with Crippen molar-refractivity contribution in [3.8, 4) is 0 Å². The van der Waals surface area contributed by atoms with Gasteiger partial charge in [0.1, 0.15) is 0 Å². The molecule has 0 fully saturated rings. The summed E-state index contributed by atoms with van der Waals surface area (Å²) in [4.78, 5) is 10.4. The van der Waals surface area contributed by atoms with E-state index in [0.717, 1.165) is 12.1 Å². The molecule has 0 saturated heterocycles. The van der Waals surface area contributed by atoms with Crippen LogP contribution in [0.15, 0.2) is 10.9 Å². The first-order valence-electron chi connectivity index (χ1n) is 2.79. The molecule has 4 nitrogen and oxygen atoms in total. The fourth-order valence-electron chi connectivity index (χ4n) is 0.662. The summed E-state index contributed by atoms with van der Waals surface area (Å²) in [6.07, 6.45) is 0.721. The maximum absolute atomic E-state index is 10.4. The van der Waals surface area contributed by atoms with E-state index in [9.17, 15) is 4.79 Å². The van der Waals surface area contributed by atoms with Gasteiger partial charge in [0.2, 0.25) is 0 Å². The van der Waals surface area contributed by atoms with Crippen LogP contribution in [0.1, 0.15) is 5.69 Å². The zero-order chi connectivity index (χ0) is 6.69. The Kier molecular flexibility index (Phi) is 7.51. The highest BCUT2D eigenvalue weighted by Gasteiger charge is 1.91. The predicted molar refractivity (Wildman–Crippen MR) is 48.7 cm³/mol. The van der Waals surface area contributed by atoms with Crippen molar-refractivity contribution in [2.45, 2.75) is 6.42 Å². The van der Waals surface area contributed by atoms with E-state index in [2.05, 4.69) is 10.2 Å². The average molecular weight is 200 g/mol. The van der Waals surface area contributed by atoms with Crippen molar-refractivity contribution in [3.05, 3.63) is 22.1 Å². The van der Waals surface area contributed by atoms with Crippen molar-refractivity contribution in [2.75, 3.05) is 6.54 Å². The Morgan fingerprint density at radius 1 is 1.36 bits per heavy atom. The monoisotopic (exact) mass is 199 g/mol. The predicted octanol–water partition coefficient (Wildman–Crippen LogP) is 0.0478. The van der Waals surface area contributed by atoms with Crippen LogP contribution >= 0.6 is 24.8 Å². The zero-order valence-corrected chi connectivity index (χ0v) is 7.43. The van der Waals surface area contributed by atoms with E-state index in [4.69, 9.17) is 5.73 Å². The summed E-state index contributed by atoms with van der Waals surface area (Å²) in [6.45, 7) is 0.563.